The summed E-state index contributed by atoms with van der Waals surface area (Å²) in [6.07, 6.45) is 3.45. The van der Waals surface area contributed by atoms with Gasteiger partial charge in [-0.25, -0.2) is 4.98 Å². The second-order valence-electron chi connectivity index (χ2n) is 7.28. The van der Waals surface area contributed by atoms with Crippen molar-refractivity contribution >= 4 is 28.7 Å². The molecule has 0 unspecified atom stereocenters. The number of fused-ring (bicyclic) bond motifs is 1. The highest BCUT2D eigenvalue weighted by Crippen LogP contribution is 2.22. The molecular formula is C23H25N5O3S. The summed E-state index contributed by atoms with van der Waals surface area (Å²) in [5.41, 5.74) is 2.68. The summed E-state index contributed by atoms with van der Waals surface area (Å²) in [4.78, 5) is 25.1. The zero-order chi connectivity index (χ0) is 22.3. The molecule has 0 saturated heterocycles. The van der Waals surface area contributed by atoms with Crippen LogP contribution < -0.4 is 10.1 Å². The molecule has 0 aliphatic carbocycles. The first-order valence-electron chi connectivity index (χ1n) is 10.4. The summed E-state index contributed by atoms with van der Waals surface area (Å²) < 4.78 is 10.5. The van der Waals surface area contributed by atoms with E-state index in [0.717, 1.165) is 40.3 Å². The van der Waals surface area contributed by atoms with E-state index in [-0.39, 0.29) is 18.4 Å². The lowest BCUT2D eigenvalue weighted by atomic mass is 10.2. The van der Waals surface area contributed by atoms with Gasteiger partial charge in [0, 0.05) is 18.4 Å². The molecule has 4 rings (SSSR count). The molecule has 0 bridgehead atoms. The summed E-state index contributed by atoms with van der Waals surface area (Å²) in [5.74, 6) is 3.28. The predicted molar refractivity (Wildman–Crippen MR) is 125 cm³/mol. The van der Waals surface area contributed by atoms with Gasteiger partial charge < -0.3 is 19.6 Å². The van der Waals surface area contributed by atoms with E-state index in [9.17, 15) is 4.79 Å². The van der Waals surface area contributed by atoms with Crippen LogP contribution in [0.15, 0.2) is 53.1 Å². The Morgan fingerprint density at radius 1 is 1.19 bits per heavy atom. The summed E-state index contributed by atoms with van der Waals surface area (Å²) in [7, 11) is 1.62. The third-order valence-electron chi connectivity index (χ3n) is 5.07. The fraction of sp³-hybridized carbons (Fsp3) is 0.304. The molecule has 0 saturated carbocycles. The van der Waals surface area contributed by atoms with Crippen LogP contribution in [0.5, 0.6) is 5.75 Å². The molecule has 0 fully saturated rings. The maximum atomic E-state index is 12.7. The number of carbonyl (C=O) groups excluding carboxylic acids is 1. The quantitative estimate of drug-likeness (QED) is 0.373. The van der Waals surface area contributed by atoms with E-state index in [0.29, 0.717) is 18.1 Å². The Morgan fingerprint density at radius 3 is 2.75 bits per heavy atom. The first kappa shape index (κ1) is 21.9. The first-order valence-corrected chi connectivity index (χ1v) is 11.8. The number of carbonyl (C=O) groups is 1. The zero-order valence-electron chi connectivity index (χ0n) is 18.0. The number of hydrogen-bond acceptors (Lipinski definition) is 7. The first-order chi connectivity index (χ1) is 15.7. The Hall–Kier alpha value is -3.33. The fourth-order valence-electron chi connectivity index (χ4n) is 3.35. The summed E-state index contributed by atoms with van der Waals surface area (Å²) in [5, 5.41) is 7.12. The van der Waals surface area contributed by atoms with Crippen molar-refractivity contribution in [1.29, 1.82) is 0 Å². The van der Waals surface area contributed by atoms with E-state index in [1.54, 1.807) is 18.9 Å². The number of imidazole rings is 1. The van der Waals surface area contributed by atoms with E-state index in [2.05, 4.69) is 25.4 Å². The monoisotopic (exact) mass is 451 g/mol. The number of nitrogens with zero attached hydrogens (tertiary/aromatic N) is 3. The number of aryl methyl sites for hydroxylation is 1. The van der Waals surface area contributed by atoms with Crippen LogP contribution >= 0.6 is 11.8 Å². The normalized spacial score (nSPS) is 12.1. The highest BCUT2D eigenvalue weighted by molar-refractivity contribution is 7.98. The third kappa shape index (κ3) is 5.28. The molecule has 32 heavy (non-hydrogen) atoms. The molecule has 9 heteroatoms. The van der Waals surface area contributed by atoms with Gasteiger partial charge in [0.2, 0.25) is 17.6 Å². The van der Waals surface area contributed by atoms with Crippen LogP contribution in [-0.2, 0) is 11.2 Å². The van der Waals surface area contributed by atoms with Crippen molar-refractivity contribution < 1.29 is 14.1 Å². The van der Waals surface area contributed by atoms with E-state index in [1.807, 2.05) is 54.8 Å². The van der Waals surface area contributed by atoms with Gasteiger partial charge in [0.05, 0.1) is 24.2 Å². The minimum absolute atomic E-state index is 0.0826. The Morgan fingerprint density at radius 2 is 2.00 bits per heavy atom. The number of para-hydroxylation sites is 2. The SMILES string of the molecule is COc1ccc(-c2noc(CCC(=O)N[C@@H](CCSC)c3nc4ccccc4[nH]3)n2)cc1. The topological polar surface area (TPSA) is 106 Å². The van der Waals surface area contributed by atoms with Gasteiger partial charge in [-0.1, -0.05) is 17.3 Å². The molecule has 4 aromatic rings. The van der Waals surface area contributed by atoms with Crippen molar-refractivity contribution in [3.8, 4) is 17.1 Å². The number of ether oxygens (including phenoxy) is 1. The van der Waals surface area contributed by atoms with Gasteiger partial charge in [0.25, 0.3) is 0 Å². The third-order valence-corrected chi connectivity index (χ3v) is 5.71. The van der Waals surface area contributed by atoms with Gasteiger partial charge in [-0.05, 0) is 54.8 Å². The Bertz CT molecular complexity index is 1140. The van der Waals surface area contributed by atoms with Crippen LogP contribution in [0.4, 0.5) is 0 Å². The molecule has 2 aromatic heterocycles. The Kier molecular flexibility index (Phi) is 7.06. The van der Waals surface area contributed by atoms with Gasteiger partial charge in [-0.3, -0.25) is 4.79 Å². The highest BCUT2D eigenvalue weighted by atomic mass is 32.2. The van der Waals surface area contributed by atoms with Crippen LogP contribution in [0, 0.1) is 0 Å². The predicted octanol–water partition coefficient (Wildman–Crippen LogP) is 4.16. The number of aromatic nitrogens is 4. The number of benzene rings is 2. The molecule has 1 amide bonds. The zero-order valence-corrected chi connectivity index (χ0v) is 18.8. The molecule has 166 valence electrons. The van der Waals surface area contributed by atoms with Crippen LogP contribution in [0.3, 0.4) is 0 Å². The number of rotatable bonds is 10. The van der Waals surface area contributed by atoms with Crippen molar-refractivity contribution in [2.24, 2.45) is 0 Å². The number of hydrogen-bond donors (Lipinski definition) is 2. The van der Waals surface area contributed by atoms with Gasteiger partial charge >= 0.3 is 0 Å². The summed E-state index contributed by atoms with van der Waals surface area (Å²) in [6, 6.07) is 15.1. The average Bonchev–Trinajstić information content (AvgIpc) is 3.47. The fourth-order valence-corrected chi connectivity index (χ4v) is 3.82. The van der Waals surface area contributed by atoms with E-state index >= 15 is 0 Å². The second kappa shape index (κ2) is 10.3. The number of thioether (sulfide) groups is 1. The van der Waals surface area contributed by atoms with Gasteiger partial charge in [-0.15, -0.1) is 0 Å². The van der Waals surface area contributed by atoms with E-state index in [1.165, 1.54) is 0 Å². The molecule has 2 aromatic carbocycles. The molecule has 0 aliphatic rings. The van der Waals surface area contributed by atoms with Gasteiger partial charge in [0.1, 0.15) is 11.6 Å². The molecule has 0 radical (unpaired) electrons. The Labute approximate surface area is 190 Å². The second-order valence-corrected chi connectivity index (χ2v) is 8.27. The van der Waals surface area contributed by atoms with Crippen LogP contribution in [-0.4, -0.2) is 45.1 Å². The van der Waals surface area contributed by atoms with Gasteiger partial charge in [0.15, 0.2) is 0 Å². The number of methoxy groups -OCH3 is 1. The van der Waals surface area contributed by atoms with Crippen molar-refractivity contribution in [3.05, 3.63) is 60.2 Å². The molecule has 1 atom stereocenters. The van der Waals surface area contributed by atoms with E-state index in [4.69, 9.17) is 9.26 Å². The molecule has 2 heterocycles. The van der Waals surface area contributed by atoms with Gasteiger partial charge in [-0.2, -0.15) is 16.7 Å². The number of aromatic amines is 1. The molecule has 2 N–H and O–H groups in total. The smallest absolute Gasteiger partial charge is 0.227 e. The lowest BCUT2D eigenvalue weighted by molar-refractivity contribution is -0.122. The van der Waals surface area contributed by atoms with Crippen molar-refractivity contribution in [2.75, 3.05) is 19.1 Å². The van der Waals surface area contributed by atoms with Crippen molar-refractivity contribution in [2.45, 2.75) is 25.3 Å². The maximum absolute atomic E-state index is 12.7. The number of nitrogens with one attached hydrogen (secondary N) is 2. The molecule has 8 nitrogen and oxygen atoms in total. The minimum atomic E-state index is -0.181. The van der Waals surface area contributed by atoms with E-state index < -0.39 is 0 Å². The number of amides is 1. The number of H-pyrrole nitrogens is 1. The molecule has 0 spiro atoms. The van der Waals surface area contributed by atoms with Crippen molar-refractivity contribution in [3.63, 3.8) is 0 Å². The largest absolute Gasteiger partial charge is 0.497 e. The minimum Gasteiger partial charge on any atom is -0.497 e. The lowest BCUT2D eigenvalue weighted by Gasteiger charge is -2.16. The van der Waals surface area contributed by atoms with Crippen LogP contribution in [0.2, 0.25) is 0 Å². The lowest BCUT2D eigenvalue weighted by Crippen LogP contribution is -2.30. The summed E-state index contributed by atoms with van der Waals surface area (Å²) in [6.45, 7) is 0. The summed E-state index contributed by atoms with van der Waals surface area (Å²) >= 11 is 1.74. The maximum Gasteiger partial charge on any atom is 0.227 e. The Balaban J connectivity index is 1.37. The average molecular weight is 452 g/mol. The standard InChI is InChI=1S/C23H25N5O3S/c1-30-16-9-7-15(8-10-16)22-27-21(31-28-22)12-11-20(29)24-19(13-14-32-2)23-25-17-5-3-4-6-18(17)26-23/h3-10,19H,11-14H2,1-2H3,(H,24,29)(H,25,26)/t19-/m0/s1. The van der Waals surface area contributed by atoms with Crippen LogP contribution in [0.1, 0.15) is 30.6 Å². The molecule has 0 aliphatic heterocycles. The van der Waals surface area contributed by atoms with Crippen LogP contribution in [0.25, 0.3) is 22.4 Å². The van der Waals surface area contributed by atoms with Crippen molar-refractivity contribution in [1.82, 2.24) is 25.4 Å². The molecular weight excluding hydrogens is 426 g/mol. The highest BCUT2D eigenvalue weighted by Gasteiger charge is 2.19.